The van der Waals surface area contributed by atoms with E-state index in [0.717, 1.165) is 25.8 Å². The molecule has 2 amide bonds. The molecule has 2 N–H and O–H groups in total. The molecule has 2 atom stereocenters. The van der Waals surface area contributed by atoms with Crippen LogP contribution in [-0.4, -0.2) is 41.8 Å². The number of urea groups is 1. The van der Waals surface area contributed by atoms with Gasteiger partial charge in [-0.25, -0.2) is 4.79 Å². The van der Waals surface area contributed by atoms with Gasteiger partial charge in [0.15, 0.2) is 0 Å². The lowest BCUT2D eigenvalue weighted by Crippen LogP contribution is -2.46. The molecule has 0 aliphatic carbocycles. The van der Waals surface area contributed by atoms with Gasteiger partial charge in [0.1, 0.15) is 0 Å². The zero-order valence-electron chi connectivity index (χ0n) is 13.6. The number of nitrogens with zero attached hydrogens (tertiary/aromatic N) is 1. The first kappa shape index (κ1) is 17.3. The van der Waals surface area contributed by atoms with Crippen LogP contribution in [0.3, 0.4) is 0 Å². The largest absolute Gasteiger partial charge is 0.396 e. The number of likely N-dealkylation sites (tertiary alicyclic amines) is 1. The lowest BCUT2D eigenvalue weighted by Gasteiger charge is -2.29. The second-order valence-corrected chi connectivity index (χ2v) is 7.20. The van der Waals surface area contributed by atoms with Gasteiger partial charge in [-0.15, -0.1) is 0 Å². The van der Waals surface area contributed by atoms with E-state index in [0.29, 0.717) is 18.5 Å². The average molecular weight is 284 g/mol. The molecule has 0 spiro atoms. The molecule has 1 saturated heterocycles. The highest BCUT2D eigenvalue weighted by Crippen LogP contribution is 2.22. The number of rotatable bonds is 5. The van der Waals surface area contributed by atoms with Gasteiger partial charge in [0, 0.05) is 25.7 Å². The summed E-state index contributed by atoms with van der Waals surface area (Å²) in [5, 5.41) is 12.2. The van der Waals surface area contributed by atoms with E-state index in [1.807, 2.05) is 18.7 Å². The molecule has 0 bridgehead atoms. The number of nitrogens with one attached hydrogen (secondary N) is 1. The molecular weight excluding hydrogens is 252 g/mol. The monoisotopic (exact) mass is 284 g/mol. The number of carbonyl (C=O) groups excluding carboxylic acids is 1. The second kappa shape index (κ2) is 7.87. The van der Waals surface area contributed by atoms with Crippen molar-refractivity contribution in [2.45, 2.75) is 65.8 Å². The lowest BCUT2D eigenvalue weighted by molar-refractivity contribution is 0.146. The predicted molar refractivity (Wildman–Crippen MR) is 82.7 cm³/mol. The van der Waals surface area contributed by atoms with Gasteiger partial charge < -0.3 is 15.3 Å². The van der Waals surface area contributed by atoms with Gasteiger partial charge in [-0.2, -0.15) is 0 Å². The summed E-state index contributed by atoms with van der Waals surface area (Å²) in [5.74, 6) is 0.596. The van der Waals surface area contributed by atoms with Gasteiger partial charge >= 0.3 is 6.03 Å². The Balaban J connectivity index is 2.34. The molecule has 118 valence electrons. The quantitative estimate of drug-likeness (QED) is 0.763. The highest BCUT2D eigenvalue weighted by molar-refractivity contribution is 5.74. The van der Waals surface area contributed by atoms with Gasteiger partial charge in [-0.3, -0.25) is 0 Å². The van der Waals surface area contributed by atoms with Crippen molar-refractivity contribution < 1.29 is 9.90 Å². The third-order valence-electron chi connectivity index (χ3n) is 4.35. The first-order chi connectivity index (χ1) is 9.35. The van der Waals surface area contributed by atoms with Crippen molar-refractivity contribution in [1.82, 2.24) is 10.2 Å². The van der Waals surface area contributed by atoms with Crippen molar-refractivity contribution in [2.24, 2.45) is 11.3 Å². The maximum Gasteiger partial charge on any atom is 0.317 e. The highest BCUT2D eigenvalue weighted by Gasteiger charge is 2.25. The Bertz CT molecular complexity index is 305. The molecular formula is C16H32N2O2. The van der Waals surface area contributed by atoms with E-state index in [9.17, 15) is 9.90 Å². The summed E-state index contributed by atoms with van der Waals surface area (Å²) in [6.45, 7) is 10.2. The van der Waals surface area contributed by atoms with Crippen molar-refractivity contribution in [3.63, 3.8) is 0 Å². The van der Waals surface area contributed by atoms with Crippen LogP contribution in [-0.2, 0) is 0 Å². The van der Waals surface area contributed by atoms with Crippen molar-refractivity contribution in [2.75, 3.05) is 19.7 Å². The van der Waals surface area contributed by atoms with E-state index < -0.39 is 0 Å². The van der Waals surface area contributed by atoms with Crippen molar-refractivity contribution in [3.05, 3.63) is 0 Å². The van der Waals surface area contributed by atoms with Crippen LogP contribution >= 0.6 is 0 Å². The number of amides is 2. The molecule has 0 aromatic heterocycles. The maximum absolute atomic E-state index is 12.3. The number of hydrogen-bond acceptors (Lipinski definition) is 2. The van der Waals surface area contributed by atoms with Crippen LogP contribution in [0, 0.1) is 11.3 Å². The van der Waals surface area contributed by atoms with E-state index in [-0.39, 0.29) is 18.1 Å². The van der Waals surface area contributed by atoms with Crippen LogP contribution in [0.25, 0.3) is 0 Å². The summed E-state index contributed by atoms with van der Waals surface area (Å²) in [6, 6.07) is 0.418. The molecule has 0 saturated carbocycles. The SMILES string of the molecule is C[C@H]1CCC[C@H](C)N(C(=O)NCCCC(C)(C)CO)C1. The Kier molecular flexibility index (Phi) is 6.80. The molecule has 0 unspecified atom stereocenters. The van der Waals surface area contributed by atoms with Crippen LogP contribution in [0.5, 0.6) is 0 Å². The first-order valence-electron chi connectivity index (χ1n) is 8.01. The lowest BCUT2D eigenvalue weighted by atomic mass is 9.89. The van der Waals surface area contributed by atoms with Gasteiger partial charge in [0.2, 0.25) is 0 Å². The molecule has 0 aromatic rings. The van der Waals surface area contributed by atoms with Crippen LogP contribution in [0.2, 0.25) is 0 Å². The summed E-state index contributed by atoms with van der Waals surface area (Å²) >= 11 is 0. The molecule has 1 fully saturated rings. The Morgan fingerprint density at radius 2 is 2.05 bits per heavy atom. The predicted octanol–water partition coefficient (Wildman–Crippen LogP) is 3.01. The fourth-order valence-corrected chi connectivity index (χ4v) is 2.75. The topological polar surface area (TPSA) is 52.6 Å². The molecule has 1 heterocycles. The van der Waals surface area contributed by atoms with Crippen molar-refractivity contribution in [1.29, 1.82) is 0 Å². The van der Waals surface area contributed by atoms with Crippen LogP contribution in [0.4, 0.5) is 4.79 Å². The van der Waals surface area contributed by atoms with E-state index in [4.69, 9.17) is 0 Å². The summed E-state index contributed by atoms with van der Waals surface area (Å²) in [4.78, 5) is 14.3. The molecule has 4 nitrogen and oxygen atoms in total. The smallest absolute Gasteiger partial charge is 0.317 e. The third-order valence-corrected chi connectivity index (χ3v) is 4.35. The molecule has 1 rings (SSSR count). The Hall–Kier alpha value is -0.770. The number of carbonyl (C=O) groups is 1. The summed E-state index contributed by atoms with van der Waals surface area (Å²) < 4.78 is 0. The Morgan fingerprint density at radius 3 is 2.70 bits per heavy atom. The average Bonchev–Trinajstić information content (AvgIpc) is 2.56. The van der Waals surface area contributed by atoms with E-state index in [1.165, 1.54) is 12.8 Å². The Labute approximate surface area is 123 Å². The minimum absolute atomic E-state index is 0.0465. The number of aliphatic hydroxyl groups excluding tert-OH is 1. The summed E-state index contributed by atoms with van der Waals surface area (Å²) in [5.41, 5.74) is -0.0465. The van der Waals surface area contributed by atoms with Gasteiger partial charge in [-0.05, 0) is 43.9 Å². The Morgan fingerprint density at radius 1 is 1.35 bits per heavy atom. The highest BCUT2D eigenvalue weighted by atomic mass is 16.3. The summed E-state index contributed by atoms with van der Waals surface area (Å²) in [6.07, 6.45) is 5.39. The summed E-state index contributed by atoms with van der Waals surface area (Å²) in [7, 11) is 0. The molecule has 1 aliphatic heterocycles. The number of hydrogen-bond donors (Lipinski definition) is 2. The van der Waals surface area contributed by atoms with Crippen LogP contribution in [0.1, 0.15) is 59.8 Å². The molecule has 0 radical (unpaired) electrons. The minimum atomic E-state index is -0.0465. The zero-order chi connectivity index (χ0) is 15.2. The fourth-order valence-electron chi connectivity index (χ4n) is 2.75. The zero-order valence-corrected chi connectivity index (χ0v) is 13.6. The van der Waals surface area contributed by atoms with Gasteiger partial charge in [-0.1, -0.05) is 27.2 Å². The van der Waals surface area contributed by atoms with Crippen molar-refractivity contribution >= 4 is 6.03 Å². The van der Waals surface area contributed by atoms with E-state index >= 15 is 0 Å². The van der Waals surface area contributed by atoms with Crippen LogP contribution < -0.4 is 5.32 Å². The maximum atomic E-state index is 12.3. The molecule has 20 heavy (non-hydrogen) atoms. The normalized spacial score (nSPS) is 24.4. The third kappa shape index (κ3) is 5.70. The fraction of sp³-hybridized carbons (Fsp3) is 0.938. The second-order valence-electron chi connectivity index (χ2n) is 7.20. The van der Waals surface area contributed by atoms with E-state index in [2.05, 4.69) is 19.2 Å². The standard InChI is InChI=1S/C16H32N2O2/c1-13-7-5-8-14(2)18(11-13)15(20)17-10-6-9-16(3,4)12-19/h13-14,19H,5-12H2,1-4H3,(H,17,20)/t13-,14-/m0/s1. The van der Waals surface area contributed by atoms with Gasteiger partial charge in [0.25, 0.3) is 0 Å². The van der Waals surface area contributed by atoms with Gasteiger partial charge in [0.05, 0.1) is 0 Å². The van der Waals surface area contributed by atoms with E-state index in [1.54, 1.807) is 0 Å². The molecule has 0 aromatic carbocycles. The van der Waals surface area contributed by atoms with Crippen LogP contribution in [0.15, 0.2) is 0 Å². The molecule has 1 aliphatic rings. The minimum Gasteiger partial charge on any atom is -0.396 e. The first-order valence-corrected chi connectivity index (χ1v) is 8.01. The molecule has 4 heteroatoms. The van der Waals surface area contributed by atoms with Crippen molar-refractivity contribution in [3.8, 4) is 0 Å². The number of aliphatic hydroxyl groups is 1.